The van der Waals surface area contributed by atoms with Crippen LogP contribution in [0.25, 0.3) is 0 Å². The predicted molar refractivity (Wildman–Crippen MR) is 95.8 cm³/mol. The first-order valence-corrected chi connectivity index (χ1v) is 8.71. The van der Waals surface area contributed by atoms with Crippen LogP contribution in [-0.4, -0.2) is 45.7 Å². The molecule has 2 aromatic rings. The van der Waals surface area contributed by atoms with Crippen molar-refractivity contribution >= 4 is 11.8 Å². The molecule has 1 saturated heterocycles. The van der Waals surface area contributed by atoms with Gasteiger partial charge in [-0.2, -0.15) is 0 Å². The van der Waals surface area contributed by atoms with E-state index >= 15 is 0 Å². The minimum atomic E-state index is -0.0322. The van der Waals surface area contributed by atoms with Gasteiger partial charge in [0.15, 0.2) is 0 Å². The van der Waals surface area contributed by atoms with Crippen LogP contribution in [0.1, 0.15) is 35.7 Å². The normalized spacial score (nSPS) is 18.1. The van der Waals surface area contributed by atoms with Gasteiger partial charge in [-0.3, -0.25) is 14.6 Å². The third-order valence-corrected chi connectivity index (χ3v) is 4.67. The van der Waals surface area contributed by atoms with Crippen molar-refractivity contribution in [3.63, 3.8) is 0 Å². The lowest BCUT2D eigenvalue weighted by Crippen LogP contribution is -2.43. The number of carbonyl (C=O) groups excluding carboxylic acids is 2. The molecule has 1 aliphatic heterocycles. The Bertz CT molecular complexity index is 718. The summed E-state index contributed by atoms with van der Waals surface area (Å²) in [5.41, 5.74) is 1.73. The Kier molecular flexibility index (Phi) is 5.43. The summed E-state index contributed by atoms with van der Waals surface area (Å²) >= 11 is 0. The summed E-state index contributed by atoms with van der Waals surface area (Å²) in [6, 6.07) is 13.5. The average molecular weight is 337 g/mol. The van der Waals surface area contributed by atoms with Crippen LogP contribution < -0.4 is 0 Å². The van der Waals surface area contributed by atoms with E-state index in [4.69, 9.17) is 0 Å². The van der Waals surface area contributed by atoms with Gasteiger partial charge in [-0.15, -0.1) is 0 Å². The maximum Gasteiger partial charge on any atom is 0.254 e. The van der Waals surface area contributed by atoms with Crippen molar-refractivity contribution in [1.82, 2.24) is 14.8 Å². The number of hydrogen-bond acceptors (Lipinski definition) is 3. The number of aromatic nitrogens is 1. The Labute approximate surface area is 148 Å². The Morgan fingerprint density at radius 3 is 2.56 bits per heavy atom. The number of pyridine rings is 1. The van der Waals surface area contributed by atoms with Gasteiger partial charge < -0.3 is 9.80 Å². The van der Waals surface area contributed by atoms with E-state index in [1.165, 1.54) is 0 Å². The molecule has 0 radical (unpaired) electrons. The summed E-state index contributed by atoms with van der Waals surface area (Å²) in [5.74, 6) is 0.0796. The van der Waals surface area contributed by atoms with Crippen molar-refractivity contribution in [2.75, 3.05) is 13.1 Å². The van der Waals surface area contributed by atoms with Crippen molar-refractivity contribution in [3.05, 3.63) is 66.0 Å². The lowest BCUT2D eigenvalue weighted by Gasteiger charge is -2.31. The second-order valence-electron chi connectivity index (χ2n) is 6.31. The van der Waals surface area contributed by atoms with Crippen LogP contribution in [0.5, 0.6) is 0 Å². The number of amides is 2. The number of rotatable bonds is 4. The maximum atomic E-state index is 12.8. The summed E-state index contributed by atoms with van der Waals surface area (Å²) in [5, 5.41) is 0. The molecule has 1 fully saturated rings. The molecule has 0 N–H and O–H groups in total. The smallest absolute Gasteiger partial charge is 0.254 e. The molecule has 1 aromatic carbocycles. The molecule has 130 valence electrons. The van der Waals surface area contributed by atoms with Crippen molar-refractivity contribution in [3.8, 4) is 0 Å². The van der Waals surface area contributed by atoms with Gasteiger partial charge in [-0.25, -0.2) is 0 Å². The van der Waals surface area contributed by atoms with Crippen LogP contribution in [-0.2, 0) is 11.3 Å². The second-order valence-corrected chi connectivity index (χ2v) is 6.31. The fraction of sp³-hybridized carbons (Fsp3) is 0.350. The fourth-order valence-electron chi connectivity index (χ4n) is 3.23. The topological polar surface area (TPSA) is 53.5 Å². The summed E-state index contributed by atoms with van der Waals surface area (Å²) < 4.78 is 0. The number of benzene rings is 1. The lowest BCUT2D eigenvalue weighted by atomic mass is 10.1. The quantitative estimate of drug-likeness (QED) is 0.862. The van der Waals surface area contributed by atoms with Gasteiger partial charge >= 0.3 is 0 Å². The maximum absolute atomic E-state index is 12.8. The molecule has 0 saturated carbocycles. The van der Waals surface area contributed by atoms with Gasteiger partial charge in [-0.05, 0) is 24.1 Å². The number of carbonyl (C=O) groups is 2. The first kappa shape index (κ1) is 17.1. The predicted octanol–water partition coefficient (Wildman–Crippen LogP) is 2.73. The second kappa shape index (κ2) is 7.92. The molecule has 5 nitrogen and oxygen atoms in total. The molecule has 25 heavy (non-hydrogen) atoms. The van der Waals surface area contributed by atoms with Crippen LogP contribution in [0.2, 0.25) is 0 Å². The van der Waals surface area contributed by atoms with Crippen LogP contribution in [0.15, 0.2) is 54.9 Å². The lowest BCUT2D eigenvalue weighted by molar-refractivity contribution is -0.133. The summed E-state index contributed by atoms with van der Waals surface area (Å²) in [4.78, 5) is 33.1. The number of nitrogens with zero attached hydrogens (tertiary/aromatic N) is 3. The molecule has 2 amide bonds. The summed E-state index contributed by atoms with van der Waals surface area (Å²) in [6.45, 7) is 3.68. The molecular weight excluding hydrogens is 314 g/mol. The van der Waals surface area contributed by atoms with E-state index < -0.39 is 0 Å². The van der Waals surface area contributed by atoms with Crippen LogP contribution in [0.3, 0.4) is 0 Å². The molecular formula is C20H23N3O2. The van der Waals surface area contributed by atoms with Gasteiger partial charge in [0, 0.05) is 50.1 Å². The molecule has 2 heterocycles. The van der Waals surface area contributed by atoms with Crippen LogP contribution >= 0.6 is 0 Å². The van der Waals surface area contributed by atoms with Crippen molar-refractivity contribution < 1.29 is 9.59 Å². The van der Waals surface area contributed by atoms with Crippen LogP contribution in [0, 0.1) is 0 Å². The Balaban J connectivity index is 1.77. The Hall–Kier alpha value is -2.69. The summed E-state index contributed by atoms with van der Waals surface area (Å²) in [7, 11) is 0. The Morgan fingerprint density at radius 2 is 1.88 bits per heavy atom. The minimum absolute atomic E-state index is 0.0287. The molecule has 1 atom stereocenters. The highest BCUT2D eigenvalue weighted by Crippen LogP contribution is 2.19. The van der Waals surface area contributed by atoms with Gasteiger partial charge in [0.1, 0.15) is 0 Å². The molecule has 1 aromatic heterocycles. The van der Waals surface area contributed by atoms with Gasteiger partial charge in [0.2, 0.25) is 5.91 Å². The highest BCUT2D eigenvalue weighted by Gasteiger charge is 2.30. The molecule has 5 heteroatoms. The van der Waals surface area contributed by atoms with Crippen LogP contribution in [0.4, 0.5) is 0 Å². The van der Waals surface area contributed by atoms with Gasteiger partial charge in [-0.1, -0.05) is 37.3 Å². The third kappa shape index (κ3) is 4.05. The zero-order valence-corrected chi connectivity index (χ0v) is 14.5. The van der Waals surface area contributed by atoms with E-state index in [2.05, 4.69) is 11.9 Å². The highest BCUT2D eigenvalue weighted by molar-refractivity contribution is 5.94. The minimum Gasteiger partial charge on any atom is -0.336 e. The summed E-state index contributed by atoms with van der Waals surface area (Å²) in [6.07, 6.45) is 4.42. The van der Waals surface area contributed by atoms with Gasteiger partial charge in [0.25, 0.3) is 5.91 Å². The molecule has 1 aliphatic rings. The molecule has 0 bridgehead atoms. The van der Waals surface area contributed by atoms with E-state index in [1.54, 1.807) is 29.4 Å². The SMILES string of the molecule is CC[C@H]1CN(C(=O)c2ccncc2)CCC(=O)N1Cc1ccccc1. The largest absolute Gasteiger partial charge is 0.336 e. The standard InChI is InChI=1S/C20H23N3O2/c1-2-18-15-22(20(25)17-8-11-21-12-9-17)13-10-19(24)23(18)14-16-6-4-3-5-7-16/h3-9,11-12,18H,2,10,13-15H2,1H3/t18-/m0/s1. The van der Waals surface area contributed by atoms with Gasteiger partial charge in [0.05, 0.1) is 0 Å². The van der Waals surface area contributed by atoms with Crippen molar-refractivity contribution in [1.29, 1.82) is 0 Å². The molecule has 0 unspecified atom stereocenters. The molecule has 0 aliphatic carbocycles. The fourth-order valence-corrected chi connectivity index (χ4v) is 3.23. The van der Waals surface area contributed by atoms with E-state index in [9.17, 15) is 9.59 Å². The third-order valence-electron chi connectivity index (χ3n) is 4.67. The first-order valence-electron chi connectivity index (χ1n) is 8.71. The van der Waals surface area contributed by atoms with E-state index in [-0.39, 0.29) is 17.9 Å². The van der Waals surface area contributed by atoms with E-state index in [0.29, 0.717) is 31.6 Å². The number of hydrogen-bond donors (Lipinski definition) is 0. The highest BCUT2D eigenvalue weighted by atomic mass is 16.2. The average Bonchev–Trinajstić information content (AvgIpc) is 2.82. The first-order chi connectivity index (χ1) is 12.2. The van der Waals surface area contributed by atoms with E-state index in [0.717, 1.165) is 12.0 Å². The zero-order chi connectivity index (χ0) is 17.6. The zero-order valence-electron chi connectivity index (χ0n) is 14.5. The monoisotopic (exact) mass is 337 g/mol. The van der Waals surface area contributed by atoms with Crippen molar-refractivity contribution in [2.45, 2.75) is 32.4 Å². The Morgan fingerprint density at radius 1 is 1.16 bits per heavy atom. The molecule has 0 spiro atoms. The van der Waals surface area contributed by atoms with Crippen molar-refractivity contribution in [2.24, 2.45) is 0 Å². The van der Waals surface area contributed by atoms with E-state index in [1.807, 2.05) is 35.2 Å². The molecule has 3 rings (SSSR count).